The van der Waals surface area contributed by atoms with Crippen LogP contribution in [-0.4, -0.2) is 41.8 Å². The lowest BCUT2D eigenvalue weighted by molar-refractivity contribution is -0.138. The fourth-order valence-corrected chi connectivity index (χ4v) is 2.60. The maximum absolute atomic E-state index is 12.0. The molecule has 1 fully saturated rings. The molecule has 1 aromatic rings. The molecule has 0 aromatic heterocycles. The number of amides is 3. The number of likely N-dealkylation sites (tertiary alicyclic amines) is 1. The largest absolute Gasteiger partial charge is 0.380 e. The Morgan fingerprint density at radius 2 is 1.75 bits per heavy atom. The van der Waals surface area contributed by atoms with Crippen LogP contribution in [0.5, 0.6) is 0 Å². The van der Waals surface area contributed by atoms with Gasteiger partial charge >= 0.3 is 0 Å². The molecule has 1 aliphatic heterocycles. The summed E-state index contributed by atoms with van der Waals surface area (Å²) in [7, 11) is 0. The summed E-state index contributed by atoms with van der Waals surface area (Å²) in [6.07, 6.45) is 0.668. The van der Waals surface area contributed by atoms with E-state index < -0.39 is 0 Å². The first-order valence-corrected chi connectivity index (χ1v) is 8.39. The number of carbonyl (C=O) groups excluding carboxylic acids is 3. The number of anilines is 1. The van der Waals surface area contributed by atoms with Crippen molar-refractivity contribution in [1.29, 1.82) is 0 Å². The van der Waals surface area contributed by atoms with Gasteiger partial charge in [0, 0.05) is 44.1 Å². The van der Waals surface area contributed by atoms with E-state index in [4.69, 9.17) is 0 Å². The maximum Gasteiger partial charge on any atom is 0.229 e. The quantitative estimate of drug-likeness (QED) is 0.712. The number of carbonyl (C=O) groups is 3. The van der Waals surface area contributed by atoms with E-state index in [0.29, 0.717) is 12.5 Å². The number of hydrogen-bond acceptors (Lipinski definition) is 4. The first-order chi connectivity index (χ1) is 11.5. The molecule has 0 radical (unpaired) electrons. The van der Waals surface area contributed by atoms with Crippen LogP contribution >= 0.6 is 0 Å². The number of rotatable bonds is 8. The SMILES string of the molecule is CC(C)C(CNC(=O)CCN1C(=O)CCC1=O)Nc1ccccc1. The van der Waals surface area contributed by atoms with Crippen molar-refractivity contribution in [2.24, 2.45) is 5.92 Å². The van der Waals surface area contributed by atoms with Crippen molar-refractivity contribution in [3.63, 3.8) is 0 Å². The average Bonchev–Trinajstić information content (AvgIpc) is 2.88. The minimum atomic E-state index is -0.182. The van der Waals surface area contributed by atoms with Gasteiger partial charge in [0.15, 0.2) is 0 Å². The van der Waals surface area contributed by atoms with Crippen LogP contribution in [0.3, 0.4) is 0 Å². The fraction of sp³-hybridized carbons (Fsp3) is 0.500. The molecule has 1 aromatic carbocycles. The summed E-state index contributed by atoms with van der Waals surface area (Å²) < 4.78 is 0. The molecule has 0 aliphatic carbocycles. The highest BCUT2D eigenvalue weighted by Gasteiger charge is 2.28. The van der Waals surface area contributed by atoms with E-state index in [1.54, 1.807) is 0 Å². The number of nitrogens with one attached hydrogen (secondary N) is 2. The van der Waals surface area contributed by atoms with Crippen LogP contribution in [0.25, 0.3) is 0 Å². The van der Waals surface area contributed by atoms with E-state index in [-0.39, 0.29) is 49.6 Å². The molecule has 6 nitrogen and oxygen atoms in total. The van der Waals surface area contributed by atoms with Gasteiger partial charge in [0.05, 0.1) is 0 Å². The Morgan fingerprint density at radius 1 is 1.12 bits per heavy atom. The summed E-state index contributed by atoms with van der Waals surface area (Å²) in [6.45, 7) is 4.85. The van der Waals surface area contributed by atoms with Gasteiger partial charge in [0.2, 0.25) is 17.7 Å². The van der Waals surface area contributed by atoms with Crippen molar-refractivity contribution in [1.82, 2.24) is 10.2 Å². The van der Waals surface area contributed by atoms with E-state index in [1.165, 1.54) is 4.90 Å². The predicted molar refractivity (Wildman–Crippen MR) is 92.3 cm³/mol. The van der Waals surface area contributed by atoms with Crippen LogP contribution in [0.15, 0.2) is 30.3 Å². The molecule has 1 unspecified atom stereocenters. The fourth-order valence-electron chi connectivity index (χ4n) is 2.60. The van der Waals surface area contributed by atoms with Gasteiger partial charge in [0.1, 0.15) is 0 Å². The van der Waals surface area contributed by atoms with Crippen LogP contribution in [0.2, 0.25) is 0 Å². The molecule has 1 aliphatic rings. The Balaban J connectivity index is 1.78. The molecule has 24 heavy (non-hydrogen) atoms. The zero-order valence-electron chi connectivity index (χ0n) is 14.2. The molecule has 1 saturated heterocycles. The zero-order valence-corrected chi connectivity index (χ0v) is 14.2. The summed E-state index contributed by atoms with van der Waals surface area (Å²) in [5, 5.41) is 6.30. The second-order valence-electron chi connectivity index (χ2n) is 6.35. The first-order valence-electron chi connectivity index (χ1n) is 8.39. The Labute approximate surface area is 142 Å². The normalized spacial score (nSPS) is 15.7. The molecule has 1 atom stereocenters. The van der Waals surface area contributed by atoms with Gasteiger partial charge in [0.25, 0.3) is 0 Å². The van der Waals surface area contributed by atoms with Gasteiger partial charge < -0.3 is 10.6 Å². The second kappa shape index (κ2) is 8.47. The molecule has 3 amide bonds. The van der Waals surface area contributed by atoms with Gasteiger partial charge in [-0.05, 0) is 18.1 Å². The number of imide groups is 1. The average molecular weight is 331 g/mol. The lowest BCUT2D eigenvalue weighted by Crippen LogP contribution is -2.41. The monoisotopic (exact) mass is 331 g/mol. The number of para-hydroxylation sites is 1. The highest BCUT2D eigenvalue weighted by atomic mass is 16.2. The summed E-state index contributed by atoms with van der Waals surface area (Å²) in [6, 6.07) is 9.96. The van der Waals surface area contributed by atoms with E-state index in [2.05, 4.69) is 24.5 Å². The van der Waals surface area contributed by atoms with Gasteiger partial charge in [-0.15, -0.1) is 0 Å². The molecule has 0 spiro atoms. The highest BCUT2D eigenvalue weighted by Crippen LogP contribution is 2.13. The summed E-state index contributed by atoms with van der Waals surface area (Å²) in [5.41, 5.74) is 1.01. The minimum Gasteiger partial charge on any atom is -0.380 e. The summed E-state index contributed by atoms with van der Waals surface area (Å²) >= 11 is 0. The lowest BCUT2D eigenvalue weighted by Gasteiger charge is -2.24. The summed E-state index contributed by atoms with van der Waals surface area (Å²) in [5.74, 6) is -0.174. The van der Waals surface area contributed by atoms with Gasteiger partial charge in [-0.2, -0.15) is 0 Å². The van der Waals surface area contributed by atoms with Crippen molar-refractivity contribution < 1.29 is 14.4 Å². The Kier molecular flexibility index (Phi) is 6.35. The van der Waals surface area contributed by atoms with Crippen molar-refractivity contribution in [2.45, 2.75) is 39.2 Å². The Bertz CT molecular complexity index is 570. The van der Waals surface area contributed by atoms with Crippen molar-refractivity contribution in [2.75, 3.05) is 18.4 Å². The molecule has 2 rings (SSSR count). The van der Waals surface area contributed by atoms with Gasteiger partial charge in [-0.1, -0.05) is 32.0 Å². The van der Waals surface area contributed by atoms with Gasteiger partial charge in [-0.25, -0.2) is 0 Å². The molecule has 2 N–H and O–H groups in total. The molecular formula is C18H25N3O3. The molecule has 1 heterocycles. The van der Waals surface area contributed by atoms with Crippen molar-refractivity contribution >= 4 is 23.4 Å². The minimum absolute atomic E-state index is 0.103. The van der Waals surface area contributed by atoms with Crippen molar-refractivity contribution in [3.05, 3.63) is 30.3 Å². The standard InChI is InChI=1S/C18H25N3O3/c1-13(2)15(20-14-6-4-3-5-7-14)12-19-16(22)10-11-21-17(23)8-9-18(21)24/h3-7,13,15,20H,8-12H2,1-2H3,(H,19,22). The molecule has 0 saturated carbocycles. The van der Waals surface area contributed by atoms with E-state index in [1.807, 2.05) is 30.3 Å². The van der Waals surface area contributed by atoms with Crippen LogP contribution in [-0.2, 0) is 14.4 Å². The molecular weight excluding hydrogens is 306 g/mol. The van der Waals surface area contributed by atoms with Gasteiger partial charge in [-0.3, -0.25) is 19.3 Å². The third-order valence-corrected chi connectivity index (χ3v) is 4.17. The van der Waals surface area contributed by atoms with Crippen LogP contribution in [0, 0.1) is 5.92 Å². The number of nitrogens with zero attached hydrogens (tertiary/aromatic N) is 1. The van der Waals surface area contributed by atoms with E-state index in [0.717, 1.165) is 5.69 Å². The lowest BCUT2D eigenvalue weighted by atomic mass is 10.0. The Morgan fingerprint density at radius 3 is 2.33 bits per heavy atom. The number of benzene rings is 1. The van der Waals surface area contributed by atoms with E-state index >= 15 is 0 Å². The van der Waals surface area contributed by atoms with Crippen LogP contribution in [0.4, 0.5) is 5.69 Å². The third-order valence-electron chi connectivity index (χ3n) is 4.17. The molecule has 0 bridgehead atoms. The zero-order chi connectivity index (χ0) is 17.5. The van der Waals surface area contributed by atoms with Crippen molar-refractivity contribution in [3.8, 4) is 0 Å². The van der Waals surface area contributed by atoms with E-state index in [9.17, 15) is 14.4 Å². The third kappa shape index (κ3) is 5.08. The molecule has 130 valence electrons. The highest BCUT2D eigenvalue weighted by molar-refractivity contribution is 6.02. The van der Waals surface area contributed by atoms with Crippen LogP contribution in [0.1, 0.15) is 33.1 Å². The second-order valence-corrected chi connectivity index (χ2v) is 6.35. The maximum atomic E-state index is 12.0. The summed E-state index contributed by atoms with van der Waals surface area (Å²) in [4.78, 5) is 36.2. The number of hydrogen-bond donors (Lipinski definition) is 2. The van der Waals surface area contributed by atoms with Crippen LogP contribution < -0.4 is 10.6 Å². The smallest absolute Gasteiger partial charge is 0.229 e. The predicted octanol–water partition coefficient (Wildman–Crippen LogP) is 1.78. The first kappa shape index (κ1) is 18.0. The molecule has 6 heteroatoms. The topological polar surface area (TPSA) is 78.5 Å². The Hall–Kier alpha value is -2.37.